The van der Waals surface area contributed by atoms with Gasteiger partial charge in [-0.3, -0.25) is 4.79 Å². The molecule has 1 aromatic heterocycles. The van der Waals surface area contributed by atoms with Crippen LogP contribution in [-0.4, -0.2) is 16.3 Å². The third kappa shape index (κ3) is 0.926. The molecule has 3 nitrogen and oxygen atoms in total. The van der Waals surface area contributed by atoms with Gasteiger partial charge < -0.3 is 0 Å². The van der Waals surface area contributed by atoms with Crippen LogP contribution in [0.25, 0.3) is 0 Å². The highest BCUT2D eigenvalue weighted by Crippen LogP contribution is 2.20. The number of nitrogens with zero attached hydrogens (tertiary/aromatic N) is 2. The van der Waals surface area contributed by atoms with Crippen LogP contribution in [0, 0.1) is 0 Å². The van der Waals surface area contributed by atoms with Crippen LogP contribution in [0.1, 0.15) is 28.2 Å². The van der Waals surface area contributed by atoms with E-state index >= 15 is 0 Å². The molecule has 0 fully saturated rings. The van der Waals surface area contributed by atoms with Gasteiger partial charge in [0.05, 0.1) is 0 Å². The van der Waals surface area contributed by atoms with Crippen LogP contribution >= 0.6 is 0 Å². The van der Waals surface area contributed by atoms with Crippen molar-refractivity contribution in [1.29, 1.82) is 0 Å². The van der Waals surface area contributed by atoms with Gasteiger partial charge in [0, 0.05) is 11.3 Å². The van der Waals surface area contributed by atoms with E-state index < -0.39 is 0 Å². The quantitative estimate of drug-likeness (QED) is 0.552. The standard InChI is InChI=1S/C8H8N2O/c11-4-8-6-2-1-3-7(6)9-5-10-8/h4-5H,1-3H2. The molecule has 0 saturated heterocycles. The van der Waals surface area contributed by atoms with E-state index in [0.717, 1.165) is 36.8 Å². The number of carbonyl (C=O) groups excluding carboxylic acids is 1. The largest absolute Gasteiger partial charge is 0.296 e. The van der Waals surface area contributed by atoms with Gasteiger partial charge in [-0.1, -0.05) is 0 Å². The molecule has 0 saturated carbocycles. The monoisotopic (exact) mass is 148 g/mol. The number of aldehydes is 1. The topological polar surface area (TPSA) is 42.9 Å². The van der Waals surface area contributed by atoms with Crippen molar-refractivity contribution in [2.75, 3.05) is 0 Å². The third-order valence-corrected chi connectivity index (χ3v) is 2.02. The predicted molar refractivity (Wildman–Crippen MR) is 39.4 cm³/mol. The van der Waals surface area contributed by atoms with Gasteiger partial charge in [-0.15, -0.1) is 0 Å². The maximum atomic E-state index is 10.5. The molecule has 1 aromatic rings. The van der Waals surface area contributed by atoms with E-state index in [1.165, 1.54) is 6.33 Å². The summed E-state index contributed by atoms with van der Waals surface area (Å²) in [5, 5.41) is 0. The summed E-state index contributed by atoms with van der Waals surface area (Å²) in [6, 6.07) is 0. The Bertz CT molecular complexity index is 296. The lowest BCUT2D eigenvalue weighted by molar-refractivity contribution is 0.111. The van der Waals surface area contributed by atoms with Crippen LogP contribution < -0.4 is 0 Å². The minimum absolute atomic E-state index is 0.576. The zero-order valence-electron chi connectivity index (χ0n) is 6.08. The van der Waals surface area contributed by atoms with Crippen molar-refractivity contribution in [3.05, 3.63) is 23.3 Å². The summed E-state index contributed by atoms with van der Waals surface area (Å²) in [6.45, 7) is 0. The normalized spacial score (nSPS) is 14.5. The summed E-state index contributed by atoms with van der Waals surface area (Å²) in [4.78, 5) is 18.5. The molecule has 0 N–H and O–H groups in total. The maximum Gasteiger partial charge on any atom is 0.168 e. The third-order valence-electron chi connectivity index (χ3n) is 2.02. The molecule has 1 aliphatic carbocycles. The summed E-state index contributed by atoms with van der Waals surface area (Å²) in [6.07, 6.45) is 5.34. The molecule has 0 aliphatic heterocycles. The Kier molecular flexibility index (Phi) is 1.42. The van der Waals surface area contributed by atoms with E-state index in [2.05, 4.69) is 9.97 Å². The number of hydrogen-bond donors (Lipinski definition) is 0. The lowest BCUT2D eigenvalue weighted by Crippen LogP contribution is -1.97. The molecule has 0 amide bonds. The maximum absolute atomic E-state index is 10.5. The first-order chi connectivity index (χ1) is 5.42. The fraction of sp³-hybridized carbons (Fsp3) is 0.375. The molecule has 1 aliphatic rings. The number of hydrogen-bond acceptors (Lipinski definition) is 3. The van der Waals surface area contributed by atoms with E-state index in [0.29, 0.717) is 5.69 Å². The van der Waals surface area contributed by atoms with E-state index in [1.807, 2.05) is 0 Å². The second-order valence-electron chi connectivity index (χ2n) is 2.66. The van der Waals surface area contributed by atoms with Crippen LogP contribution in [0.2, 0.25) is 0 Å². The summed E-state index contributed by atoms with van der Waals surface area (Å²) in [7, 11) is 0. The number of rotatable bonds is 1. The van der Waals surface area contributed by atoms with Crippen molar-refractivity contribution in [2.45, 2.75) is 19.3 Å². The average Bonchev–Trinajstić information content (AvgIpc) is 2.50. The van der Waals surface area contributed by atoms with Crippen LogP contribution in [0.3, 0.4) is 0 Å². The molecular formula is C8H8N2O. The van der Waals surface area contributed by atoms with E-state index in [4.69, 9.17) is 0 Å². The van der Waals surface area contributed by atoms with E-state index in [-0.39, 0.29) is 0 Å². The highest BCUT2D eigenvalue weighted by molar-refractivity contribution is 5.74. The summed E-state index contributed by atoms with van der Waals surface area (Å²) in [5.74, 6) is 0. The van der Waals surface area contributed by atoms with Crippen molar-refractivity contribution < 1.29 is 4.79 Å². The average molecular weight is 148 g/mol. The first-order valence-corrected chi connectivity index (χ1v) is 3.70. The molecule has 0 atom stereocenters. The second kappa shape index (κ2) is 2.42. The van der Waals surface area contributed by atoms with Gasteiger partial charge in [-0.25, -0.2) is 9.97 Å². The predicted octanol–water partition coefficient (Wildman–Crippen LogP) is 0.778. The van der Waals surface area contributed by atoms with Crippen LogP contribution in [-0.2, 0) is 12.8 Å². The molecular weight excluding hydrogens is 140 g/mol. The van der Waals surface area contributed by atoms with Gasteiger partial charge >= 0.3 is 0 Å². The van der Waals surface area contributed by atoms with Gasteiger partial charge in [-0.05, 0) is 19.3 Å². The van der Waals surface area contributed by atoms with Crippen molar-refractivity contribution in [3.63, 3.8) is 0 Å². The fourth-order valence-corrected chi connectivity index (χ4v) is 1.49. The molecule has 56 valence electrons. The lowest BCUT2D eigenvalue weighted by Gasteiger charge is -1.97. The summed E-state index contributed by atoms with van der Waals surface area (Å²) in [5.41, 5.74) is 2.69. The Morgan fingerprint density at radius 3 is 3.09 bits per heavy atom. The number of aryl methyl sites for hydroxylation is 1. The molecule has 11 heavy (non-hydrogen) atoms. The first-order valence-electron chi connectivity index (χ1n) is 3.70. The minimum atomic E-state index is 0.576. The van der Waals surface area contributed by atoms with Crippen molar-refractivity contribution in [2.24, 2.45) is 0 Å². The smallest absolute Gasteiger partial charge is 0.168 e. The zero-order valence-corrected chi connectivity index (χ0v) is 6.08. The van der Waals surface area contributed by atoms with Gasteiger partial charge in [0.1, 0.15) is 12.0 Å². The van der Waals surface area contributed by atoms with Crippen LogP contribution in [0.4, 0.5) is 0 Å². The number of aromatic nitrogens is 2. The first kappa shape index (κ1) is 6.46. The Hall–Kier alpha value is -1.25. The molecule has 0 radical (unpaired) electrons. The molecule has 0 aromatic carbocycles. The number of carbonyl (C=O) groups is 1. The Morgan fingerprint density at radius 2 is 2.27 bits per heavy atom. The highest BCUT2D eigenvalue weighted by Gasteiger charge is 2.15. The molecule has 3 heteroatoms. The highest BCUT2D eigenvalue weighted by atomic mass is 16.1. The van der Waals surface area contributed by atoms with Crippen LogP contribution in [0.15, 0.2) is 6.33 Å². The molecule has 1 heterocycles. The molecule has 0 spiro atoms. The Morgan fingerprint density at radius 1 is 1.36 bits per heavy atom. The summed E-state index contributed by atoms with van der Waals surface area (Å²) >= 11 is 0. The second-order valence-corrected chi connectivity index (χ2v) is 2.66. The summed E-state index contributed by atoms with van der Waals surface area (Å²) < 4.78 is 0. The van der Waals surface area contributed by atoms with Gasteiger partial charge in [-0.2, -0.15) is 0 Å². The van der Waals surface area contributed by atoms with Crippen molar-refractivity contribution in [1.82, 2.24) is 9.97 Å². The lowest BCUT2D eigenvalue weighted by atomic mass is 10.2. The SMILES string of the molecule is O=Cc1ncnc2c1CCC2. The molecule has 2 rings (SSSR count). The Balaban J connectivity index is 2.58. The molecule has 0 bridgehead atoms. The molecule has 0 unspecified atom stereocenters. The van der Waals surface area contributed by atoms with Gasteiger partial charge in [0.15, 0.2) is 6.29 Å². The van der Waals surface area contributed by atoms with E-state index in [9.17, 15) is 4.79 Å². The van der Waals surface area contributed by atoms with Crippen molar-refractivity contribution >= 4 is 6.29 Å². The van der Waals surface area contributed by atoms with E-state index in [1.54, 1.807) is 0 Å². The number of fused-ring (bicyclic) bond motifs is 1. The van der Waals surface area contributed by atoms with Crippen LogP contribution in [0.5, 0.6) is 0 Å². The van der Waals surface area contributed by atoms with Gasteiger partial charge in [0.25, 0.3) is 0 Å². The zero-order chi connectivity index (χ0) is 7.68. The minimum Gasteiger partial charge on any atom is -0.296 e. The van der Waals surface area contributed by atoms with Gasteiger partial charge in [0.2, 0.25) is 0 Å². The fourth-order valence-electron chi connectivity index (χ4n) is 1.49. The van der Waals surface area contributed by atoms with Crippen molar-refractivity contribution in [3.8, 4) is 0 Å². The Labute approximate surface area is 64.5 Å².